The zero-order chi connectivity index (χ0) is 13.5. The van der Waals surface area contributed by atoms with E-state index in [2.05, 4.69) is 45.9 Å². The molecule has 0 heterocycles. The first-order valence-corrected chi connectivity index (χ1v) is 6.83. The molecule has 0 fully saturated rings. The lowest BCUT2D eigenvalue weighted by Gasteiger charge is -2.14. The van der Waals surface area contributed by atoms with E-state index in [9.17, 15) is 0 Å². The zero-order valence-corrected chi connectivity index (χ0v) is 12.3. The van der Waals surface area contributed by atoms with Gasteiger partial charge in [-0.25, -0.2) is 0 Å². The van der Waals surface area contributed by atoms with Crippen LogP contribution in [0.3, 0.4) is 0 Å². The summed E-state index contributed by atoms with van der Waals surface area (Å²) in [6, 6.07) is 6.37. The van der Waals surface area contributed by atoms with Crippen LogP contribution in [0, 0.1) is 5.92 Å². The van der Waals surface area contributed by atoms with E-state index in [0.29, 0.717) is 18.4 Å². The van der Waals surface area contributed by atoms with Gasteiger partial charge in [0.1, 0.15) is 5.75 Å². The molecular weight excluding hydrogens is 224 g/mol. The Bertz CT molecular complexity index is 358. The van der Waals surface area contributed by atoms with Crippen LogP contribution in [0.4, 0.5) is 0 Å². The van der Waals surface area contributed by atoms with Crippen molar-refractivity contribution < 1.29 is 9.47 Å². The van der Waals surface area contributed by atoms with Gasteiger partial charge in [-0.2, -0.15) is 0 Å². The smallest absolute Gasteiger partial charge is 0.122 e. The van der Waals surface area contributed by atoms with Crippen molar-refractivity contribution in [1.29, 1.82) is 0 Å². The summed E-state index contributed by atoms with van der Waals surface area (Å²) in [7, 11) is 1.73. The molecule has 0 unspecified atom stereocenters. The Morgan fingerprint density at radius 1 is 1.17 bits per heavy atom. The second-order valence-corrected chi connectivity index (χ2v) is 5.26. The average molecular weight is 250 g/mol. The average Bonchev–Trinajstić information content (AvgIpc) is 2.37. The molecule has 2 heteroatoms. The van der Waals surface area contributed by atoms with E-state index in [4.69, 9.17) is 9.47 Å². The summed E-state index contributed by atoms with van der Waals surface area (Å²) in [6.07, 6.45) is 1.16. The Morgan fingerprint density at radius 3 is 2.44 bits per heavy atom. The molecule has 0 spiro atoms. The SMILES string of the molecule is CC[C@H](C)COCc1ccc(C(C)C)c(OC)c1. The van der Waals surface area contributed by atoms with Gasteiger partial charge < -0.3 is 9.47 Å². The maximum Gasteiger partial charge on any atom is 0.122 e. The van der Waals surface area contributed by atoms with E-state index >= 15 is 0 Å². The van der Waals surface area contributed by atoms with Crippen molar-refractivity contribution in [2.75, 3.05) is 13.7 Å². The van der Waals surface area contributed by atoms with Crippen LogP contribution in [0.15, 0.2) is 18.2 Å². The number of ether oxygens (including phenoxy) is 2. The molecule has 0 saturated heterocycles. The summed E-state index contributed by atoms with van der Waals surface area (Å²) in [4.78, 5) is 0. The summed E-state index contributed by atoms with van der Waals surface area (Å²) in [5, 5.41) is 0. The predicted octanol–water partition coefficient (Wildman–Crippen LogP) is 4.38. The molecule has 0 aliphatic heterocycles. The van der Waals surface area contributed by atoms with Crippen molar-refractivity contribution in [3.63, 3.8) is 0 Å². The van der Waals surface area contributed by atoms with Crippen LogP contribution < -0.4 is 4.74 Å². The second-order valence-electron chi connectivity index (χ2n) is 5.26. The standard InChI is InChI=1S/C16H26O2/c1-6-13(4)10-18-11-14-7-8-15(12(2)3)16(9-14)17-5/h7-9,12-13H,6,10-11H2,1-5H3/t13-/m0/s1. The van der Waals surface area contributed by atoms with Gasteiger partial charge in [-0.3, -0.25) is 0 Å². The molecule has 0 aliphatic carbocycles. The van der Waals surface area contributed by atoms with E-state index in [1.165, 1.54) is 11.1 Å². The first-order valence-electron chi connectivity index (χ1n) is 6.83. The van der Waals surface area contributed by atoms with Gasteiger partial charge in [0.15, 0.2) is 0 Å². The van der Waals surface area contributed by atoms with E-state index in [0.717, 1.165) is 18.8 Å². The molecule has 1 aromatic rings. The molecular formula is C16H26O2. The molecule has 18 heavy (non-hydrogen) atoms. The third-order valence-electron chi connectivity index (χ3n) is 3.29. The van der Waals surface area contributed by atoms with Crippen molar-refractivity contribution in [2.24, 2.45) is 5.92 Å². The first kappa shape index (κ1) is 15.0. The van der Waals surface area contributed by atoms with Crippen molar-refractivity contribution in [3.05, 3.63) is 29.3 Å². The van der Waals surface area contributed by atoms with E-state index < -0.39 is 0 Å². The van der Waals surface area contributed by atoms with Crippen LogP contribution in [-0.4, -0.2) is 13.7 Å². The normalized spacial score (nSPS) is 12.8. The van der Waals surface area contributed by atoms with Crippen LogP contribution in [0.2, 0.25) is 0 Å². The fraction of sp³-hybridized carbons (Fsp3) is 0.625. The lowest BCUT2D eigenvalue weighted by Crippen LogP contribution is -2.05. The van der Waals surface area contributed by atoms with Crippen molar-refractivity contribution >= 4 is 0 Å². The first-order chi connectivity index (χ1) is 8.58. The minimum absolute atomic E-state index is 0.482. The predicted molar refractivity (Wildman–Crippen MR) is 76.2 cm³/mol. The minimum atomic E-state index is 0.482. The summed E-state index contributed by atoms with van der Waals surface area (Å²) in [6.45, 7) is 10.2. The fourth-order valence-electron chi connectivity index (χ4n) is 1.82. The molecule has 1 rings (SSSR count). The molecule has 102 valence electrons. The minimum Gasteiger partial charge on any atom is -0.496 e. The maximum atomic E-state index is 5.72. The van der Waals surface area contributed by atoms with Crippen LogP contribution in [-0.2, 0) is 11.3 Å². The lowest BCUT2D eigenvalue weighted by atomic mass is 10.0. The van der Waals surface area contributed by atoms with Gasteiger partial charge in [0.2, 0.25) is 0 Å². The van der Waals surface area contributed by atoms with Gasteiger partial charge in [-0.05, 0) is 29.0 Å². The molecule has 0 amide bonds. The van der Waals surface area contributed by atoms with Crippen LogP contribution in [0.1, 0.15) is 51.2 Å². The Hall–Kier alpha value is -1.02. The van der Waals surface area contributed by atoms with Gasteiger partial charge >= 0.3 is 0 Å². The monoisotopic (exact) mass is 250 g/mol. The molecule has 2 nitrogen and oxygen atoms in total. The van der Waals surface area contributed by atoms with E-state index in [1.807, 2.05) is 0 Å². The van der Waals surface area contributed by atoms with Crippen molar-refractivity contribution in [1.82, 2.24) is 0 Å². The third kappa shape index (κ3) is 4.34. The quantitative estimate of drug-likeness (QED) is 0.715. The number of benzene rings is 1. The lowest BCUT2D eigenvalue weighted by molar-refractivity contribution is 0.0909. The number of methoxy groups -OCH3 is 1. The number of hydrogen-bond acceptors (Lipinski definition) is 2. The summed E-state index contributed by atoms with van der Waals surface area (Å²) in [5.74, 6) is 2.08. The van der Waals surface area contributed by atoms with Gasteiger partial charge in [0.05, 0.1) is 13.7 Å². The van der Waals surface area contributed by atoms with E-state index in [1.54, 1.807) is 7.11 Å². The molecule has 1 atom stereocenters. The fourth-order valence-corrected chi connectivity index (χ4v) is 1.82. The van der Waals surface area contributed by atoms with Gasteiger partial charge in [-0.15, -0.1) is 0 Å². The molecule has 0 aromatic heterocycles. The summed E-state index contributed by atoms with van der Waals surface area (Å²) in [5.41, 5.74) is 2.43. The molecule has 0 saturated carbocycles. The highest BCUT2D eigenvalue weighted by Gasteiger charge is 2.08. The highest BCUT2D eigenvalue weighted by molar-refractivity contribution is 5.39. The molecule has 0 aliphatic rings. The highest BCUT2D eigenvalue weighted by Crippen LogP contribution is 2.27. The second kappa shape index (κ2) is 7.42. The number of rotatable bonds is 7. The summed E-state index contributed by atoms with van der Waals surface area (Å²) < 4.78 is 11.2. The number of hydrogen-bond donors (Lipinski definition) is 0. The Balaban J connectivity index is 2.62. The Labute approximate surface area is 111 Å². The van der Waals surface area contributed by atoms with Crippen LogP contribution in [0.25, 0.3) is 0 Å². The molecule has 0 N–H and O–H groups in total. The maximum absolute atomic E-state index is 5.72. The third-order valence-corrected chi connectivity index (χ3v) is 3.29. The van der Waals surface area contributed by atoms with E-state index in [-0.39, 0.29) is 0 Å². The van der Waals surface area contributed by atoms with Crippen molar-refractivity contribution in [3.8, 4) is 5.75 Å². The van der Waals surface area contributed by atoms with Gasteiger partial charge in [0.25, 0.3) is 0 Å². The van der Waals surface area contributed by atoms with Gasteiger partial charge in [0, 0.05) is 6.61 Å². The zero-order valence-electron chi connectivity index (χ0n) is 12.3. The molecule has 0 radical (unpaired) electrons. The summed E-state index contributed by atoms with van der Waals surface area (Å²) >= 11 is 0. The topological polar surface area (TPSA) is 18.5 Å². The van der Waals surface area contributed by atoms with Crippen LogP contribution >= 0.6 is 0 Å². The molecule has 0 bridgehead atoms. The Morgan fingerprint density at radius 2 is 1.89 bits per heavy atom. The largest absolute Gasteiger partial charge is 0.496 e. The highest BCUT2D eigenvalue weighted by atomic mass is 16.5. The molecule has 1 aromatic carbocycles. The van der Waals surface area contributed by atoms with Crippen LogP contribution in [0.5, 0.6) is 5.75 Å². The van der Waals surface area contributed by atoms with Gasteiger partial charge in [-0.1, -0.05) is 46.2 Å². The Kier molecular flexibility index (Phi) is 6.20. The van der Waals surface area contributed by atoms with Crippen molar-refractivity contribution in [2.45, 2.75) is 46.6 Å².